The summed E-state index contributed by atoms with van der Waals surface area (Å²) < 4.78 is 0. The summed E-state index contributed by atoms with van der Waals surface area (Å²) >= 11 is 0. The molecule has 2 rings (SSSR count). The van der Waals surface area contributed by atoms with Crippen molar-refractivity contribution in [2.24, 2.45) is 0 Å². The van der Waals surface area contributed by atoms with Crippen molar-refractivity contribution in [2.75, 3.05) is 6.61 Å². The zero-order valence-electron chi connectivity index (χ0n) is 11.2. The predicted octanol–water partition coefficient (Wildman–Crippen LogP) is 2.80. The van der Waals surface area contributed by atoms with Gasteiger partial charge in [-0.2, -0.15) is 0 Å². The highest BCUT2D eigenvalue weighted by molar-refractivity contribution is 5.35. The van der Waals surface area contributed by atoms with Gasteiger partial charge in [0, 0.05) is 0 Å². The van der Waals surface area contributed by atoms with Crippen molar-refractivity contribution < 1.29 is 10.2 Å². The van der Waals surface area contributed by atoms with Crippen molar-refractivity contribution in [3.63, 3.8) is 0 Å². The fraction of sp³-hybridized carbons (Fsp3) is 0.625. The monoisotopic (exact) mass is 248 g/mol. The summed E-state index contributed by atoms with van der Waals surface area (Å²) in [5.74, 6) is 0.361. The van der Waals surface area contributed by atoms with E-state index < -0.39 is 6.10 Å². The molecule has 18 heavy (non-hydrogen) atoms. The summed E-state index contributed by atoms with van der Waals surface area (Å²) in [6.07, 6.45) is 6.10. The average Bonchev–Trinajstić information content (AvgIpc) is 2.44. The number of aryl methyl sites for hydroxylation is 2. The van der Waals surface area contributed by atoms with Crippen molar-refractivity contribution in [1.82, 2.24) is 0 Å². The van der Waals surface area contributed by atoms with E-state index in [1.165, 1.54) is 42.4 Å². The summed E-state index contributed by atoms with van der Waals surface area (Å²) in [6.45, 7) is 2.01. The van der Waals surface area contributed by atoms with E-state index in [0.29, 0.717) is 12.3 Å². The second kappa shape index (κ2) is 6.35. The van der Waals surface area contributed by atoms with E-state index in [-0.39, 0.29) is 6.61 Å². The van der Waals surface area contributed by atoms with Crippen LogP contribution >= 0.6 is 0 Å². The van der Waals surface area contributed by atoms with Crippen molar-refractivity contribution in [1.29, 1.82) is 0 Å². The highest BCUT2D eigenvalue weighted by Gasteiger charge is 2.17. The molecule has 0 spiro atoms. The molecule has 1 aromatic rings. The Morgan fingerprint density at radius 2 is 1.89 bits per heavy atom. The first kappa shape index (κ1) is 13.6. The molecule has 0 amide bonds. The van der Waals surface area contributed by atoms with Gasteiger partial charge < -0.3 is 10.2 Å². The van der Waals surface area contributed by atoms with Crippen LogP contribution in [0.5, 0.6) is 0 Å². The Morgan fingerprint density at radius 3 is 2.56 bits per heavy atom. The Bertz CT molecular complexity index is 387. The Hall–Kier alpha value is -0.860. The number of fused-ring (bicyclic) bond motifs is 1. The molecule has 2 N–H and O–H groups in total. The van der Waals surface area contributed by atoms with Crippen LogP contribution in [0.25, 0.3) is 0 Å². The van der Waals surface area contributed by atoms with Gasteiger partial charge in [0.05, 0.1) is 12.7 Å². The van der Waals surface area contributed by atoms with Crippen LogP contribution in [0.4, 0.5) is 0 Å². The minimum atomic E-state index is -0.592. The average molecular weight is 248 g/mol. The smallest absolute Gasteiger partial charge is 0.0776 e. The molecular weight excluding hydrogens is 224 g/mol. The lowest BCUT2D eigenvalue weighted by molar-refractivity contribution is 0.0817. The maximum atomic E-state index is 9.61. The van der Waals surface area contributed by atoms with Gasteiger partial charge >= 0.3 is 0 Å². The highest BCUT2D eigenvalue weighted by Crippen LogP contribution is 2.29. The van der Waals surface area contributed by atoms with Crippen molar-refractivity contribution >= 4 is 0 Å². The van der Waals surface area contributed by atoms with Gasteiger partial charge in [-0.05, 0) is 61.1 Å². The van der Waals surface area contributed by atoms with Crippen molar-refractivity contribution in [3.05, 3.63) is 34.9 Å². The third-order valence-corrected chi connectivity index (χ3v) is 4.10. The molecule has 0 fully saturated rings. The number of hydrogen-bond donors (Lipinski definition) is 2. The second-order valence-corrected chi connectivity index (χ2v) is 5.41. The topological polar surface area (TPSA) is 40.5 Å². The molecule has 100 valence electrons. The molecule has 0 saturated heterocycles. The predicted molar refractivity (Wildman–Crippen MR) is 73.8 cm³/mol. The summed E-state index contributed by atoms with van der Waals surface area (Å²) in [5.41, 5.74) is 4.32. The molecule has 2 nitrogen and oxygen atoms in total. The molecule has 1 aromatic carbocycles. The summed E-state index contributed by atoms with van der Waals surface area (Å²) in [6, 6.07) is 6.80. The van der Waals surface area contributed by atoms with E-state index in [1.807, 2.05) is 0 Å². The number of rotatable bonds is 5. The third-order valence-electron chi connectivity index (χ3n) is 4.10. The SMILES string of the molecule is CCC(CC(O)CO)c1ccc2c(c1)CCCC2. The Balaban J connectivity index is 2.15. The van der Waals surface area contributed by atoms with Crippen LogP contribution in [0.1, 0.15) is 55.2 Å². The minimum absolute atomic E-state index is 0.137. The number of aliphatic hydroxyl groups excluding tert-OH is 2. The fourth-order valence-electron chi connectivity index (χ4n) is 2.95. The Kier molecular flexibility index (Phi) is 4.79. The number of aliphatic hydroxyl groups is 2. The van der Waals surface area contributed by atoms with E-state index in [0.717, 1.165) is 6.42 Å². The maximum absolute atomic E-state index is 9.61. The second-order valence-electron chi connectivity index (χ2n) is 5.41. The minimum Gasteiger partial charge on any atom is -0.394 e. The van der Waals surface area contributed by atoms with E-state index >= 15 is 0 Å². The fourth-order valence-corrected chi connectivity index (χ4v) is 2.95. The molecule has 2 atom stereocenters. The van der Waals surface area contributed by atoms with Gasteiger partial charge in [-0.15, -0.1) is 0 Å². The van der Waals surface area contributed by atoms with Crippen LogP contribution in [0.15, 0.2) is 18.2 Å². The van der Waals surface area contributed by atoms with Gasteiger partial charge in [-0.1, -0.05) is 25.1 Å². The van der Waals surface area contributed by atoms with Gasteiger partial charge in [0.25, 0.3) is 0 Å². The highest BCUT2D eigenvalue weighted by atomic mass is 16.3. The van der Waals surface area contributed by atoms with Crippen LogP contribution in [-0.2, 0) is 12.8 Å². The van der Waals surface area contributed by atoms with E-state index in [2.05, 4.69) is 25.1 Å². The quantitative estimate of drug-likeness (QED) is 0.841. The Morgan fingerprint density at radius 1 is 1.17 bits per heavy atom. The molecule has 0 bridgehead atoms. The van der Waals surface area contributed by atoms with E-state index in [1.54, 1.807) is 0 Å². The zero-order valence-corrected chi connectivity index (χ0v) is 11.2. The molecule has 0 heterocycles. The van der Waals surface area contributed by atoms with Crippen LogP contribution in [0.2, 0.25) is 0 Å². The maximum Gasteiger partial charge on any atom is 0.0776 e. The number of benzene rings is 1. The first-order valence-electron chi connectivity index (χ1n) is 7.15. The van der Waals surface area contributed by atoms with Crippen molar-refractivity contribution in [2.45, 2.75) is 57.5 Å². The van der Waals surface area contributed by atoms with Crippen LogP contribution in [0.3, 0.4) is 0 Å². The molecule has 2 unspecified atom stereocenters. The first-order valence-corrected chi connectivity index (χ1v) is 7.15. The summed E-state index contributed by atoms with van der Waals surface area (Å²) in [4.78, 5) is 0. The van der Waals surface area contributed by atoms with Crippen LogP contribution in [0, 0.1) is 0 Å². The first-order chi connectivity index (χ1) is 8.74. The third kappa shape index (κ3) is 3.12. The largest absolute Gasteiger partial charge is 0.394 e. The van der Waals surface area contributed by atoms with Gasteiger partial charge in [0.2, 0.25) is 0 Å². The van der Waals surface area contributed by atoms with Gasteiger partial charge in [0.15, 0.2) is 0 Å². The molecule has 2 heteroatoms. The summed E-state index contributed by atoms with van der Waals surface area (Å²) in [5, 5.41) is 18.6. The lowest BCUT2D eigenvalue weighted by atomic mass is 9.85. The molecular formula is C16H24O2. The molecule has 0 aliphatic heterocycles. The lowest BCUT2D eigenvalue weighted by Gasteiger charge is -2.22. The normalized spacial score (nSPS) is 18.2. The molecule has 0 aromatic heterocycles. The zero-order chi connectivity index (χ0) is 13.0. The summed E-state index contributed by atoms with van der Waals surface area (Å²) in [7, 11) is 0. The lowest BCUT2D eigenvalue weighted by Crippen LogP contribution is -2.16. The molecule has 1 aliphatic carbocycles. The number of hydrogen-bond acceptors (Lipinski definition) is 2. The van der Waals surface area contributed by atoms with E-state index in [4.69, 9.17) is 5.11 Å². The Labute approximate surface area is 110 Å². The molecule has 0 radical (unpaired) electrons. The van der Waals surface area contributed by atoms with Gasteiger partial charge in [-0.3, -0.25) is 0 Å². The van der Waals surface area contributed by atoms with Crippen LogP contribution < -0.4 is 0 Å². The van der Waals surface area contributed by atoms with Crippen LogP contribution in [-0.4, -0.2) is 22.9 Å². The van der Waals surface area contributed by atoms with E-state index in [9.17, 15) is 5.11 Å². The van der Waals surface area contributed by atoms with Gasteiger partial charge in [0.1, 0.15) is 0 Å². The molecule has 1 aliphatic rings. The standard InChI is InChI=1S/C16H24O2/c1-2-12(10-16(18)11-17)15-8-7-13-5-3-4-6-14(13)9-15/h7-9,12,16-18H,2-6,10-11H2,1H3. The molecule has 0 saturated carbocycles. The van der Waals surface area contributed by atoms with Crippen molar-refractivity contribution in [3.8, 4) is 0 Å². The van der Waals surface area contributed by atoms with Gasteiger partial charge in [-0.25, -0.2) is 0 Å².